The van der Waals surface area contributed by atoms with Crippen molar-refractivity contribution in [2.75, 3.05) is 26.4 Å². The van der Waals surface area contributed by atoms with Gasteiger partial charge in [0.15, 0.2) is 12.4 Å². The quantitative estimate of drug-likeness (QED) is 0.390. The minimum Gasteiger partial charge on any atom is -0.491 e. The standard InChI is InChI=1S/C24H29FO6/c1-2-27-24(26)22(31-21-12-8-19(25)9-13-21)17-18-6-10-20(11-7-18)28-15-16-30-23-5-3-4-14-29-23/h6-13,22-23H,2-5,14-17H2,1H3. The average molecular weight is 432 g/mol. The van der Waals surface area contributed by atoms with Crippen molar-refractivity contribution in [3.8, 4) is 11.5 Å². The second-order valence-corrected chi connectivity index (χ2v) is 7.18. The molecule has 2 aromatic carbocycles. The van der Waals surface area contributed by atoms with Crippen LogP contribution in [0, 0.1) is 5.82 Å². The number of ether oxygens (including phenoxy) is 5. The van der Waals surface area contributed by atoms with Crippen LogP contribution in [0.4, 0.5) is 4.39 Å². The van der Waals surface area contributed by atoms with Gasteiger partial charge < -0.3 is 23.7 Å². The Hall–Kier alpha value is -2.64. The molecule has 0 aliphatic carbocycles. The van der Waals surface area contributed by atoms with E-state index >= 15 is 0 Å². The Labute approximate surface area is 182 Å². The summed E-state index contributed by atoms with van der Waals surface area (Å²) in [5, 5.41) is 0. The van der Waals surface area contributed by atoms with E-state index in [9.17, 15) is 9.18 Å². The topological polar surface area (TPSA) is 63.2 Å². The van der Waals surface area contributed by atoms with Crippen LogP contribution < -0.4 is 9.47 Å². The van der Waals surface area contributed by atoms with Crippen molar-refractivity contribution in [2.24, 2.45) is 0 Å². The zero-order chi connectivity index (χ0) is 21.9. The minimum absolute atomic E-state index is 0.124. The first kappa shape index (κ1) is 23.0. The van der Waals surface area contributed by atoms with E-state index in [1.165, 1.54) is 24.3 Å². The molecule has 0 saturated carbocycles. The van der Waals surface area contributed by atoms with Crippen LogP contribution in [0.15, 0.2) is 48.5 Å². The third-order valence-electron chi connectivity index (χ3n) is 4.78. The van der Waals surface area contributed by atoms with Gasteiger partial charge >= 0.3 is 5.97 Å². The van der Waals surface area contributed by atoms with Gasteiger partial charge in [-0.2, -0.15) is 0 Å². The summed E-state index contributed by atoms with van der Waals surface area (Å²) in [7, 11) is 0. The second kappa shape index (κ2) is 12.3. The first-order chi connectivity index (χ1) is 15.1. The maximum absolute atomic E-state index is 13.1. The molecule has 0 spiro atoms. The third kappa shape index (κ3) is 7.84. The summed E-state index contributed by atoms with van der Waals surface area (Å²) in [6.07, 6.45) is 2.51. The van der Waals surface area contributed by atoms with Gasteiger partial charge in [-0.1, -0.05) is 12.1 Å². The highest BCUT2D eigenvalue weighted by molar-refractivity contribution is 5.75. The molecule has 2 unspecified atom stereocenters. The fourth-order valence-electron chi connectivity index (χ4n) is 3.20. The number of rotatable bonds is 11. The molecule has 0 bridgehead atoms. The normalized spacial score (nSPS) is 17.0. The molecule has 3 rings (SSSR count). The molecule has 168 valence electrons. The van der Waals surface area contributed by atoms with Crippen molar-refractivity contribution in [1.29, 1.82) is 0 Å². The van der Waals surface area contributed by atoms with Gasteiger partial charge in [-0.05, 0) is 68.1 Å². The van der Waals surface area contributed by atoms with Gasteiger partial charge in [-0.25, -0.2) is 9.18 Å². The van der Waals surface area contributed by atoms with E-state index in [4.69, 9.17) is 23.7 Å². The predicted octanol–water partition coefficient (Wildman–Crippen LogP) is 4.30. The summed E-state index contributed by atoms with van der Waals surface area (Å²) in [6, 6.07) is 13.0. The monoisotopic (exact) mass is 432 g/mol. The lowest BCUT2D eigenvalue weighted by Crippen LogP contribution is -2.31. The highest BCUT2D eigenvalue weighted by atomic mass is 19.1. The lowest BCUT2D eigenvalue weighted by Gasteiger charge is -2.22. The maximum Gasteiger partial charge on any atom is 0.347 e. The third-order valence-corrected chi connectivity index (χ3v) is 4.78. The molecule has 0 radical (unpaired) electrons. The van der Waals surface area contributed by atoms with Gasteiger partial charge in [0.05, 0.1) is 13.2 Å². The van der Waals surface area contributed by atoms with Crippen molar-refractivity contribution >= 4 is 5.97 Å². The number of carbonyl (C=O) groups is 1. The van der Waals surface area contributed by atoms with E-state index in [-0.39, 0.29) is 18.7 Å². The smallest absolute Gasteiger partial charge is 0.347 e. The molecular formula is C24H29FO6. The Bertz CT molecular complexity index is 787. The molecule has 2 atom stereocenters. The number of carbonyl (C=O) groups excluding carboxylic acids is 1. The number of esters is 1. The van der Waals surface area contributed by atoms with Crippen LogP contribution in [0.3, 0.4) is 0 Å². The molecule has 1 saturated heterocycles. The molecule has 6 nitrogen and oxygen atoms in total. The fraction of sp³-hybridized carbons (Fsp3) is 0.458. The van der Waals surface area contributed by atoms with E-state index in [0.717, 1.165) is 31.4 Å². The van der Waals surface area contributed by atoms with Gasteiger partial charge in [0.1, 0.15) is 23.9 Å². The molecule has 0 amide bonds. The number of hydrogen-bond donors (Lipinski definition) is 0. The van der Waals surface area contributed by atoms with Crippen LogP contribution in [0.2, 0.25) is 0 Å². The fourth-order valence-corrected chi connectivity index (χ4v) is 3.20. The Balaban J connectivity index is 1.49. The van der Waals surface area contributed by atoms with Crippen LogP contribution >= 0.6 is 0 Å². The van der Waals surface area contributed by atoms with Gasteiger partial charge in [-0.3, -0.25) is 0 Å². The van der Waals surface area contributed by atoms with E-state index in [2.05, 4.69) is 0 Å². The molecule has 2 aromatic rings. The largest absolute Gasteiger partial charge is 0.491 e. The molecule has 1 aliphatic heterocycles. The Morgan fingerprint density at radius 2 is 1.81 bits per heavy atom. The predicted molar refractivity (Wildman–Crippen MR) is 113 cm³/mol. The van der Waals surface area contributed by atoms with Crippen molar-refractivity contribution in [1.82, 2.24) is 0 Å². The molecule has 1 aliphatic rings. The van der Waals surface area contributed by atoms with Gasteiger partial charge in [0.2, 0.25) is 0 Å². The molecule has 31 heavy (non-hydrogen) atoms. The lowest BCUT2D eigenvalue weighted by atomic mass is 10.1. The van der Waals surface area contributed by atoms with Crippen LogP contribution in [0.25, 0.3) is 0 Å². The highest BCUT2D eigenvalue weighted by Gasteiger charge is 2.22. The van der Waals surface area contributed by atoms with Gasteiger partial charge in [0, 0.05) is 13.0 Å². The summed E-state index contributed by atoms with van der Waals surface area (Å²) < 4.78 is 40.9. The molecule has 0 N–H and O–H groups in total. The molecule has 7 heteroatoms. The van der Waals surface area contributed by atoms with Crippen molar-refractivity contribution < 1.29 is 32.9 Å². The first-order valence-corrected chi connectivity index (χ1v) is 10.7. The number of halogens is 1. The average Bonchev–Trinajstić information content (AvgIpc) is 2.79. The van der Waals surface area contributed by atoms with E-state index < -0.39 is 12.1 Å². The highest BCUT2D eigenvalue weighted by Crippen LogP contribution is 2.19. The van der Waals surface area contributed by atoms with E-state index in [0.29, 0.717) is 31.1 Å². The molecule has 0 aromatic heterocycles. The summed E-state index contributed by atoms with van der Waals surface area (Å²) in [6.45, 7) is 3.64. The van der Waals surface area contributed by atoms with Crippen LogP contribution in [-0.4, -0.2) is 44.8 Å². The lowest BCUT2D eigenvalue weighted by molar-refractivity contribution is -0.165. The minimum atomic E-state index is -0.832. The Kier molecular flexibility index (Phi) is 9.12. The molecule has 1 heterocycles. The summed E-state index contributed by atoms with van der Waals surface area (Å²) in [5.74, 6) is 0.284. The van der Waals surface area contributed by atoms with Crippen LogP contribution in [0.5, 0.6) is 11.5 Å². The SMILES string of the molecule is CCOC(=O)C(Cc1ccc(OCCOC2CCCCO2)cc1)Oc1ccc(F)cc1. The first-order valence-electron chi connectivity index (χ1n) is 10.7. The summed E-state index contributed by atoms with van der Waals surface area (Å²) in [5.41, 5.74) is 0.888. The summed E-state index contributed by atoms with van der Waals surface area (Å²) in [4.78, 5) is 12.3. The van der Waals surface area contributed by atoms with Crippen molar-refractivity contribution in [2.45, 2.75) is 45.0 Å². The van der Waals surface area contributed by atoms with Crippen LogP contribution in [0.1, 0.15) is 31.7 Å². The van der Waals surface area contributed by atoms with Crippen LogP contribution in [-0.2, 0) is 25.4 Å². The van der Waals surface area contributed by atoms with E-state index in [1.807, 2.05) is 24.3 Å². The number of benzene rings is 2. The summed E-state index contributed by atoms with van der Waals surface area (Å²) >= 11 is 0. The zero-order valence-corrected chi connectivity index (χ0v) is 17.8. The number of hydrogen-bond acceptors (Lipinski definition) is 6. The van der Waals surface area contributed by atoms with Crippen molar-refractivity contribution in [3.63, 3.8) is 0 Å². The van der Waals surface area contributed by atoms with E-state index in [1.54, 1.807) is 6.92 Å². The molecule has 1 fully saturated rings. The Morgan fingerprint density at radius 3 is 2.48 bits per heavy atom. The Morgan fingerprint density at radius 1 is 1.06 bits per heavy atom. The molecular weight excluding hydrogens is 403 g/mol. The van der Waals surface area contributed by atoms with Gasteiger partial charge in [0.25, 0.3) is 0 Å². The van der Waals surface area contributed by atoms with Crippen molar-refractivity contribution in [3.05, 3.63) is 59.9 Å². The second-order valence-electron chi connectivity index (χ2n) is 7.18. The van der Waals surface area contributed by atoms with Gasteiger partial charge in [-0.15, -0.1) is 0 Å². The maximum atomic E-state index is 13.1. The zero-order valence-electron chi connectivity index (χ0n) is 17.8.